The lowest BCUT2D eigenvalue weighted by Gasteiger charge is -2.33. The Morgan fingerprint density at radius 1 is 1.23 bits per heavy atom. The van der Waals surface area contributed by atoms with Crippen molar-refractivity contribution in [1.29, 1.82) is 0 Å². The van der Waals surface area contributed by atoms with Gasteiger partial charge in [0.1, 0.15) is 0 Å². The molecule has 74 valence electrons. The summed E-state index contributed by atoms with van der Waals surface area (Å²) >= 11 is 0. The molecular formula is C10H16O3. The molecule has 1 aliphatic carbocycles. The first-order valence-electron chi connectivity index (χ1n) is 4.60. The van der Waals surface area contributed by atoms with Gasteiger partial charge in [-0.2, -0.15) is 0 Å². The van der Waals surface area contributed by atoms with Crippen molar-refractivity contribution in [2.24, 2.45) is 0 Å². The highest BCUT2D eigenvalue weighted by atomic mass is 16.7. The van der Waals surface area contributed by atoms with E-state index in [-0.39, 0.29) is 6.10 Å². The van der Waals surface area contributed by atoms with E-state index in [9.17, 15) is 5.11 Å². The predicted octanol–water partition coefficient (Wildman–Crippen LogP) is 0.914. The van der Waals surface area contributed by atoms with E-state index in [1.54, 1.807) is 0 Å². The first kappa shape index (κ1) is 10.5. The van der Waals surface area contributed by atoms with Crippen molar-refractivity contribution in [3.8, 4) is 12.8 Å². The molecule has 1 saturated carbocycles. The Hall–Kier alpha value is -0.560. The second-order valence-electron chi connectivity index (χ2n) is 3.36. The van der Waals surface area contributed by atoms with Crippen LogP contribution in [0.2, 0.25) is 0 Å². The maximum Gasteiger partial charge on any atom is 0.170 e. The van der Waals surface area contributed by atoms with Gasteiger partial charge in [0, 0.05) is 12.8 Å². The van der Waals surface area contributed by atoms with Crippen molar-refractivity contribution in [2.45, 2.75) is 37.6 Å². The van der Waals surface area contributed by atoms with E-state index < -0.39 is 5.79 Å². The Labute approximate surface area is 79.0 Å². The van der Waals surface area contributed by atoms with E-state index in [1.807, 2.05) is 0 Å². The molecule has 0 amide bonds. The van der Waals surface area contributed by atoms with Crippen molar-refractivity contribution >= 4 is 0 Å². The van der Waals surface area contributed by atoms with Crippen LogP contribution in [-0.2, 0) is 9.47 Å². The summed E-state index contributed by atoms with van der Waals surface area (Å²) in [5.74, 6) is -0.405. The Balaban J connectivity index is 0.000000396. The number of rotatable bonds is 0. The number of aliphatic hydroxyl groups is 1. The van der Waals surface area contributed by atoms with Crippen molar-refractivity contribution < 1.29 is 14.6 Å². The lowest BCUT2D eigenvalue weighted by molar-refractivity contribution is -0.195. The van der Waals surface area contributed by atoms with Crippen LogP contribution in [0.5, 0.6) is 0 Å². The summed E-state index contributed by atoms with van der Waals surface area (Å²) in [4.78, 5) is 0. The second kappa shape index (κ2) is 4.61. The third kappa shape index (κ3) is 2.44. The van der Waals surface area contributed by atoms with Crippen LogP contribution in [0.3, 0.4) is 0 Å². The number of ether oxygens (including phenoxy) is 2. The first-order valence-corrected chi connectivity index (χ1v) is 4.60. The summed E-state index contributed by atoms with van der Waals surface area (Å²) in [5, 5.41) is 9.37. The van der Waals surface area contributed by atoms with Gasteiger partial charge in [-0.25, -0.2) is 0 Å². The number of hydrogen-bond acceptors (Lipinski definition) is 3. The van der Waals surface area contributed by atoms with Crippen molar-refractivity contribution in [1.82, 2.24) is 0 Å². The molecule has 3 heteroatoms. The highest BCUT2D eigenvalue weighted by Crippen LogP contribution is 2.35. The molecule has 0 radical (unpaired) electrons. The van der Waals surface area contributed by atoms with Gasteiger partial charge in [-0.05, 0) is 12.8 Å². The monoisotopic (exact) mass is 184 g/mol. The van der Waals surface area contributed by atoms with E-state index in [2.05, 4.69) is 12.8 Å². The molecule has 0 aromatic heterocycles. The zero-order valence-electron chi connectivity index (χ0n) is 7.74. The molecule has 1 N–H and O–H groups in total. The predicted molar refractivity (Wildman–Crippen MR) is 49.0 cm³/mol. The Bertz CT molecular complexity index is 170. The van der Waals surface area contributed by atoms with Crippen LogP contribution < -0.4 is 0 Å². The van der Waals surface area contributed by atoms with Gasteiger partial charge in [-0.15, -0.1) is 12.8 Å². The van der Waals surface area contributed by atoms with Crippen LogP contribution in [-0.4, -0.2) is 30.2 Å². The Morgan fingerprint density at radius 2 is 1.85 bits per heavy atom. The fraction of sp³-hybridized carbons (Fsp3) is 0.800. The third-order valence-corrected chi connectivity index (χ3v) is 2.46. The van der Waals surface area contributed by atoms with Crippen molar-refractivity contribution in [3.63, 3.8) is 0 Å². The van der Waals surface area contributed by atoms with Crippen LogP contribution in [0, 0.1) is 12.8 Å². The highest BCUT2D eigenvalue weighted by Gasteiger charge is 2.40. The molecule has 0 bridgehead atoms. The number of hydrogen-bond donors (Lipinski definition) is 1. The summed E-state index contributed by atoms with van der Waals surface area (Å²) in [6, 6.07) is 0. The van der Waals surface area contributed by atoms with Gasteiger partial charge in [0.2, 0.25) is 0 Å². The molecule has 0 aromatic carbocycles. The average molecular weight is 184 g/mol. The van der Waals surface area contributed by atoms with Gasteiger partial charge in [0.15, 0.2) is 5.79 Å². The lowest BCUT2D eigenvalue weighted by atomic mass is 9.92. The summed E-state index contributed by atoms with van der Waals surface area (Å²) in [6.45, 7) is 1.37. The molecule has 3 nitrogen and oxygen atoms in total. The first-order chi connectivity index (χ1) is 6.31. The van der Waals surface area contributed by atoms with Crippen LogP contribution in [0.1, 0.15) is 25.7 Å². The summed E-state index contributed by atoms with van der Waals surface area (Å²) < 4.78 is 10.9. The highest BCUT2D eigenvalue weighted by molar-refractivity contribution is 4.82. The Morgan fingerprint density at radius 3 is 2.38 bits per heavy atom. The second-order valence-corrected chi connectivity index (χ2v) is 3.36. The van der Waals surface area contributed by atoms with Gasteiger partial charge in [0.25, 0.3) is 0 Å². The van der Waals surface area contributed by atoms with Crippen molar-refractivity contribution in [2.75, 3.05) is 13.2 Å². The van der Waals surface area contributed by atoms with E-state index in [4.69, 9.17) is 9.47 Å². The van der Waals surface area contributed by atoms with Gasteiger partial charge in [-0.1, -0.05) is 0 Å². The molecule has 1 heterocycles. The van der Waals surface area contributed by atoms with Gasteiger partial charge in [0.05, 0.1) is 19.3 Å². The molecule has 0 aromatic rings. The van der Waals surface area contributed by atoms with E-state index in [0.717, 1.165) is 19.3 Å². The van der Waals surface area contributed by atoms with Gasteiger partial charge < -0.3 is 14.6 Å². The molecule has 1 aliphatic heterocycles. The summed E-state index contributed by atoms with van der Waals surface area (Å²) in [5.41, 5.74) is 0. The fourth-order valence-electron chi connectivity index (χ4n) is 1.93. The molecule has 2 aliphatic rings. The van der Waals surface area contributed by atoms with Crippen LogP contribution in [0.4, 0.5) is 0 Å². The largest absolute Gasteiger partial charge is 0.393 e. The van der Waals surface area contributed by atoms with E-state index >= 15 is 0 Å². The molecule has 1 spiro atoms. The summed E-state index contributed by atoms with van der Waals surface area (Å²) in [7, 11) is 0. The van der Waals surface area contributed by atoms with E-state index in [1.165, 1.54) is 0 Å². The zero-order chi connectivity index (χ0) is 9.73. The molecule has 13 heavy (non-hydrogen) atoms. The fourth-order valence-corrected chi connectivity index (χ4v) is 1.93. The molecule has 2 rings (SSSR count). The molecule has 2 fully saturated rings. The maximum atomic E-state index is 9.37. The zero-order valence-corrected chi connectivity index (χ0v) is 7.74. The minimum Gasteiger partial charge on any atom is -0.393 e. The molecule has 1 atom stereocenters. The smallest absolute Gasteiger partial charge is 0.170 e. The average Bonchev–Trinajstić information content (AvgIpc) is 2.56. The van der Waals surface area contributed by atoms with Crippen LogP contribution in [0.15, 0.2) is 0 Å². The maximum absolute atomic E-state index is 9.37. The van der Waals surface area contributed by atoms with Gasteiger partial charge in [-0.3, -0.25) is 0 Å². The van der Waals surface area contributed by atoms with Gasteiger partial charge >= 0.3 is 0 Å². The topological polar surface area (TPSA) is 38.7 Å². The van der Waals surface area contributed by atoms with Crippen molar-refractivity contribution in [3.05, 3.63) is 0 Å². The lowest BCUT2D eigenvalue weighted by Crippen LogP contribution is -2.38. The molecule has 1 saturated heterocycles. The third-order valence-electron chi connectivity index (χ3n) is 2.46. The minimum absolute atomic E-state index is 0.221. The Kier molecular flexibility index (Phi) is 3.73. The standard InChI is InChI=1S/C8H14O3.C2H2/c9-7-2-1-3-8(6-7)10-4-5-11-8;1-2/h7,9H,1-6H2;1-2H/t7-;/m0./s1. The summed E-state index contributed by atoms with van der Waals surface area (Å²) in [6.07, 6.45) is 11.3. The normalized spacial score (nSPS) is 30.8. The SMILES string of the molecule is C#C.O[C@H]1CCCC2(C1)OCCO2. The quantitative estimate of drug-likeness (QED) is 0.569. The van der Waals surface area contributed by atoms with Crippen LogP contribution >= 0.6 is 0 Å². The number of terminal acetylenes is 1. The molecular weight excluding hydrogens is 168 g/mol. The minimum atomic E-state index is -0.405. The van der Waals surface area contributed by atoms with E-state index in [0.29, 0.717) is 19.6 Å². The molecule has 0 unspecified atom stereocenters. The number of aliphatic hydroxyl groups excluding tert-OH is 1. The van der Waals surface area contributed by atoms with Crippen LogP contribution in [0.25, 0.3) is 0 Å².